The summed E-state index contributed by atoms with van der Waals surface area (Å²) in [6, 6.07) is 2.08. The zero-order chi connectivity index (χ0) is 12.7. The second-order valence-corrected chi connectivity index (χ2v) is 7.51. The lowest BCUT2D eigenvalue weighted by atomic mass is 10.3. The van der Waals surface area contributed by atoms with Gasteiger partial charge in [0, 0.05) is 18.0 Å². The van der Waals surface area contributed by atoms with Gasteiger partial charge in [0.15, 0.2) is 9.84 Å². The van der Waals surface area contributed by atoms with E-state index in [-0.39, 0.29) is 5.75 Å². The average molecular weight is 275 g/mol. The molecule has 98 valence electrons. The van der Waals surface area contributed by atoms with Gasteiger partial charge in [0.25, 0.3) is 0 Å². The summed E-state index contributed by atoms with van der Waals surface area (Å²) in [5.41, 5.74) is 1.27. The molecule has 0 aliphatic rings. The Kier molecular flexibility index (Phi) is 6.16. The van der Waals surface area contributed by atoms with Crippen molar-refractivity contribution in [2.75, 3.05) is 18.1 Å². The van der Waals surface area contributed by atoms with E-state index in [0.717, 1.165) is 19.4 Å². The predicted molar refractivity (Wildman–Crippen MR) is 74.3 cm³/mol. The highest BCUT2D eigenvalue weighted by Crippen LogP contribution is 2.14. The number of hydrogen-bond donors (Lipinski definition) is 1. The first-order valence-corrected chi connectivity index (χ1v) is 8.69. The van der Waals surface area contributed by atoms with Crippen LogP contribution in [0.2, 0.25) is 0 Å². The van der Waals surface area contributed by atoms with Crippen molar-refractivity contribution in [3.63, 3.8) is 0 Å². The van der Waals surface area contributed by atoms with Crippen LogP contribution in [-0.4, -0.2) is 26.5 Å². The molecule has 1 aromatic rings. The number of hydrogen-bond acceptors (Lipinski definition) is 4. The van der Waals surface area contributed by atoms with E-state index in [2.05, 4.69) is 23.7 Å². The van der Waals surface area contributed by atoms with Crippen molar-refractivity contribution >= 4 is 21.2 Å². The van der Waals surface area contributed by atoms with Gasteiger partial charge in [-0.25, -0.2) is 8.42 Å². The summed E-state index contributed by atoms with van der Waals surface area (Å²) in [6.45, 7) is 5.40. The lowest BCUT2D eigenvalue weighted by Gasteiger charge is -2.05. The number of aryl methyl sites for hydroxylation is 1. The monoisotopic (exact) mass is 275 g/mol. The van der Waals surface area contributed by atoms with E-state index in [1.807, 2.05) is 6.92 Å². The molecule has 0 saturated heterocycles. The fraction of sp³-hybridized carbons (Fsp3) is 0.667. The van der Waals surface area contributed by atoms with Crippen LogP contribution in [0.25, 0.3) is 0 Å². The first-order chi connectivity index (χ1) is 8.05. The van der Waals surface area contributed by atoms with Crippen molar-refractivity contribution in [2.24, 2.45) is 0 Å². The third-order valence-electron chi connectivity index (χ3n) is 2.65. The summed E-state index contributed by atoms with van der Waals surface area (Å²) in [6.07, 6.45) is 1.70. The quantitative estimate of drug-likeness (QED) is 0.741. The number of nitrogens with one attached hydrogen (secondary N) is 1. The first-order valence-electron chi connectivity index (χ1n) is 5.99. The maximum atomic E-state index is 11.6. The standard InChI is InChI=1S/C12H21NO2S2/c1-3-4-8-17(14,15)9-6-13-10-12-11(2)5-7-16-12/h5,7,13H,3-4,6,8-10H2,1-2H3. The van der Waals surface area contributed by atoms with Crippen molar-refractivity contribution in [1.29, 1.82) is 0 Å². The molecule has 0 bridgehead atoms. The largest absolute Gasteiger partial charge is 0.311 e. The molecule has 0 unspecified atom stereocenters. The minimum absolute atomic E-state index is 0.247. The number of thiophene rings is 1. The SMILES string of the molecule is CCCCS(=O)(=O)CCNCc1sccc1C. The van der Waals surface area contributed by atoms with Gasteiger partial charge < -0.3 is 5.32 Å². The summed E-state index contributed by atoms with van der Waals surface area (Å²) in [4.78, 5) is 1.29. The van der Waals surface area contributed by atoms with Crippen LogP contribution in [0.3, 0.4) is 0 Å². The van der Waals surface area contributed by atoms with E-state index < -0.39 is 9.84 Å². The van der Waals surface area contributed by atoms with Gasteiger partial charge in [-0.1, -0.05) is 13.3 Å². The number of unbranched alkanes of at least 4 members (excludes halogenated alkanes) is 1. The molecular weight excluding hydrogens is 254 g/mol. The lowest BCUT2D eigenvalue weighted by molar-refractivity contribution is 0.587. The molecule has 17 heavy (non-hydrogen) atoms. The molecule has 5 heteroatoms. The van der Waals surface area contributed by atoms with Gasteiger partial charge in [0.05, 0.1) is 11.5 Å². The minimum atomic E-state index is -2.85. The Morgan fingerprint density at radius 3 is 2.71 bits per heavy atom. The van der Waals surface area contributed by atoms with E-state index in [1.54, 1.807) is 11.3 Å². The molecule has 1 rings (SSSR count). The van der Waals surface area contributed by atoms with Crippen LogP contribution in [0, 0.1) is 6.92 Å². The highest BCUT2D eigenvalue weighted by Gasteiger charge is 2.09. The fourth-order valence-corrected chi connectivity index (χ4v) is 3.74. The highest BCUT2D eigenvalue weighted by atomic mass is 32.2. The van der Waals surface area contributed by atoms with Crippen LogP contribution in [-0.2, 0) is 16.4 Å². The Morgan fingerprint density at radius 1 is 1.35 bits per heavy atom. The summed E-state index contributed by atoms with van der Waals surface area (Å²) in [7, 11) is -2.85. The molecule has 0 spiro atoms. The summed E-state index contributed by atoms with van der Waals surface area (Å²) < 4.78 is 23.2. The van der Waals surface area contributed by atoms with Crippen LogP contribution < -0.4 is 5.32 Å². The Bertz CT molecular complexity index is 423. The first kappa shape index (κ1) is 14.7. The molecule has 0 aliphatic heterocycles. The molecule has 1 aromatic heterocycles. The van der Waals surface area contributed by atoms with Crippen LogP contribution in [0.4, 0.5) is 0 Å². The van der Waals surface area contributed by atoms with Crippen molar-refractivity contribution in [3.8, 4) is 0 Å². The topological polar surface area (TPSA) is 46.2 Å². The molecule has 0 aromatic carbocycles. The van der Waals surface area contributed by atoms with E-state index in [1.165, 1.54) is 10.4 Å². The van der Waals surface area contributed by atoms with E-state index in [0.29, 0.717) is 12.3 Å². The van der Waals surface area contributed by atoms with Crippen LogP contribution in [0.15, 0.2) is 11.4 Å². The van der Waals surface area contributed by atoms with Gasteiger partial charge in [-0.2, -0.15) is 0 Å². The van der Waals surface area contributed by atoms with Gasteiger partial charge in [-0.3, -0.25) is 0 Å². The molecule has 0 saturated carbocycles. The predicted octanol–water partition coefficient (Wildman–Crippen LogP) is 2.36. The van der Waals surface area contributed by atoms with E-state index in [9.17, 15) is 8.42 Å². The molecule has 1 N–H and O–H groups in total. The Labute approximate surface area is 108 Å². The average Bonchev–Trinajstić information content (AvgIpc) is 2.68. The summed E-state index contributed by atoms with van der Waals surface area (Å²) in [5, 5.41) is 5.25. The van der Waals surface area contributed by atoms with Gasteiger partial charge in [-0.05, 0) is 30.4 Å². The summed E-state index contributed by atoms with van der Waals surface area (Å²) >= 11 is 1.71. The molecule has 1 heterocycles. The van der Waals surface area contributed by atoms with Crippen molar-refractivity contribution in [3.05, 3.63) is 21.9 Å². The Balaban J connectivity index is 2.22. The minimum Gasteiger partial charge on any atom is -0.311 e. The fourth-order valence-electron chi connectivity index (χ4n) is 1.48. The molecule has 0 amide bonds. The third-order valence-corrected chi connectivity index (χ3v) is 5.41. The van der Waals surface area contributed by atoms with Gasteiger partial charge in [-0.15, -0.1) is 11.3 Å². The molecule has 0 fully saturated rings. The van der Waals surface area contributed by atoms with Crippen molar-refractivity contribution < 1.29 is 8.42 Å². The highest BCUT2D eigenvalue weighted by molar-refractivity contribution is 7.91. The molecule has 0 radical (unpaired) electrons. The van der Waals surface area contributed by atoms with Crippen molar-refractivity contribution in [2.45, 2.75) is 33.2 Å². The zero-order valence-corrected chi connectivity index (χ0v) is 12.2. The number of rotatable bonds is 8. The molecule has 3 nitrogen and oxygen atoms in total. The van der Waals surface area contributed by atoms with Gasteiger partial charge in [0.2, 0.25) is 0 Å². The second kappa shape index (κ2) is 7.13. The lowest BCUT2D eigenvalue weighted by Crippen LogP contribution is -2.24. The third kappa shape index (κ3) is 5.66. The van der Waals surface area contributed by atoms with Gasteiger partial charge in [0.1, 0.15) is 0 Å². The second-order valence-electron chi connectivity index (χ2n) is 4.21. The molecular formula is C12H21NO2S2. The normalized spacial score (nSPS) is 11.9. The Morgan fingerprint density at radius 2 is 2.12 bits per heavy atom. The molecule has 0 aliphatic carbocycles. The Hall–Kier alpha value is -0.390. The van der Waals surface area contributed by atoms with Crippen LogP contribution in [0.1, 0.15) is 30.2 Å². The maximum absolute atomic E-state index is 11.6. The van der Waals surface area contributed by atoms with Crippen molar-refractivity contribution in [1.82, 2.24) is 5.32 Å². The zero-order valence-electron chi connectivity index (χ0n) is 10.5. The van der Waals surface area contributed by atoms with E-state index in [4.69, 9.17) is 0 Å². The van der Waals surface area contributed by atoms with E-state index >= 15 is 0 Å². The van der Waals surface area contributed by atoms with Gasteiger partial charge >= 0.3 is 0 Å². The van der Waals surface area contributed by atoms with Crippen LogP contribution in [0.5, 0.6) is 0 Å². The number of sulfone groups is 1. The smallest absolute Gasteiger partial charge is 0.151 e. The van der Waals surface area contributed by atoms with Crippen LogP contribution >= 0.6 is 11.3 Å². The maximum Gasteiger partial charge on any atom is 0.151 e. The summed E-state index contributed by atoms with van der Waals surface area (Å²) in [5.74, 6) is 0.570. The molecule has 0 atom stereocenters.